The summed E-state index contributed by atoms with van der Waals surface area (Å²) in [7, 11) is 0. The molecule has 0 saturated heterocycles. The Hall–Kier alpha value is -14.1. The third-order valence-electron chi connectivity index (χ3n) is 19.7. The Bertz CT molecular complexity index is 6250. The molecule has 696 valence electrons. The Balaban J connectivity index is 1.62. The lowest BCUT2D eigenvalue weighted by Crippen LogP contribution is -2.71. The van der Waals surface area contributed by atoms with Crippen molar-refractivity contribution in [2.75, 3.05) is 0 Å². The number of hydrogen-bond donors (Lipinski definition) is 0. The minimum Gasteiger partial charge on any atom is -0.303 e. The van der Waals surface area contributed by atoms with Crippen LogP contribution in [0.5, 0.6) is 0 Å². The number of hydrogen-bond acceptors (Lipinski definition) is 2. The molecule has 0 heterocycles. The third-order valence-corrected chi connectivity index (χ3v) is 19.7. The molecule has 0 fully saturated rings. The van der Waals surface area contributed by atoms with Gasteiger partial charge in [0.05, 0.1) is 33.4 Å². The van der Waals surface area contributed by atoms with Crippen molar-refractivity contribution in [2.24, 2.45) is 9.81 Å². The highest BCUT2D eigenvalue weighted by atomic mass is 19.2. The highest BCUT2D eigenvalue weighted by Crippen LogP contribution is 2.48. The van der Waals surface area contributed by atoms with Gasteiger partial charge in [0.2, 0.25) is 34.9 Å². The summed E-state index contributed by atoms with van der Waals surface area (Å²) in [5, 5.41) is 0. The van der Waals surface area contributed by atoms with Crippen molar-refractivity contribution >= 4 is 57.4 Å². The maximum Gasteiger partial charge on any atom is 0.296 e. The van der Waals surface area contributed by atoms with Gasteiger partial charge in [-0.25, -0.2) is 237 Å². The standard InChI is InChI=1S/C74B2F54N3/c77-21-3(9-27(83)51(107)69(125)52(108)28(9)84)15(39(95)63(119)45(21)101)75(16-4(22(78)46(102)64(120)40(16)96)10-29(85)53(109)70(126)54(110)30(10)86,17-5(23(79)47(103)65(121)41(17)97)11-31(87)55(111)71(127)56(112)32(11)88)132-1-131-2-133-76(18-6(24(80)48(104)66(122)42(18)98)12-33(89)57(113)72(128)58(114)34(12)90,19-7(25(81)49(105)67(123)43(19)99)13-35(91)59(115)73(129)60(116)36(13)92)20-8(26(82)50(106)68(124)44(20)100)14-37(93)61(117)74(130)62(118)38(14)94/q-1. The molecule has 0 atom stereocenters. The molecule has 0 aliphatic carbocycles. The van der Waals surface area contributed by atoms with Crippen LogP contribution in [0.4, 0.5) is 237 Å². The summed E-state index contributed by atoms with van der Waals surface area (Å²) in [4.78, 5) is 4.21. The van der Waals surface area contributed by atoms with Crippen LogP contribution >= 0.6 is 0 Å². The van der Waals surface area contributed by atoms with Gasteiger partial charge < -0.3 is 9.81 Å². The second-order valence-corrected chi connectivity index (χ2v) is 26.1. The van der Waals surface area contributed by atoms with Crippen LogP contribution in [0.1, 0.15) is 0 Å². The molecule has 0 N–H and O–H groups in total. The molecule has 12 aromatic carbocycles. The molecule has 0 spiro atoms. The van der Waals surface area contributed by atoms with Gasteiger partial charge in [-0.3, -0.25) is 0 Å². The summed E-state index contributed by atoms with van der Waals surface area (Å²) in [5.41, 5.74) is -80.6. The van der Waals surface area contributed by atoms with Gasteiger partial charge in [0.15, 0.2) is 244 Å². The molecule has 0 aliphatic heterocycles. The van der Waals surface area contributed by atoms with E-state index in [2.05, 4.69) is 9.81 Å². The van der Waals surface area contributed by atoms with Gasteiger partial charge in [-0.05, 0) is 33.4 Å². The summed E-state index contributed by atoms with van der Waals surface area (Å²) in [6.07, 6.45) is -18.3. The lowest BCUT2D eigenvalue weighted by molar-refractivity contribution is 0.379. The number of halogens is 54. The van der Waals surface area contributed by atoms with Crippen molar-refractivity contribution in [2.45, 2.75) is 0 Å². The van der Waals surface area contributed by atoms with Gasteiger partial charge in [0.25, 0.3) is 24.6 Å². The largest absolute Gasteiger partial charge is 0.303 e. The Morgan fingerprint density at radius 1 is 0.105 bits per heavy atom. The van der Waals surface area contributed by atoms with Gasteiger partial charge in [0, 0.05) is 0 Å². The van der Waals surface area contributed by atoms with Crippen molar-refractivity contribution in [1.82, 2.24) is 4.67 Å². The molecule has 0 amide bonds. The van der Waals surface area contributed by atoms with Crippen molar-refractivity contribution < 1.29 is 237 Å². The van der Waals surface area contributed by atoms with Crippen LogP contribution in [-0.4, -0.2) is 24.6 Å². The molecule has 0 aromatic heterocycles. The predicted molar refractivity (Wildman–Crippen MR) is 335 cm³/mol. The Morgan fingerprint density at radius 2 is 0.180 bits per heavy atom. The molecule has 3 nitrogen and oxygen atoms in total. The van der Waals surface area contributed by atoms with Crippen LogP contribution in [0.25, 0.3) is 66.8 Å². The lowest BCUT2D eigenvalue weighted by Gasteiger charge is -2.40. The monoisotopic (exact) mass is 1980 g/mol. The van der Waals surface area contributed by atoms with Crippen molar-refractivity contribution in [3.05, 3.63) is 314 Å². The van der Waals surface area contributed by atoms with Crippen LogP contribution in [0.2, 0.25) is 0 Å². The van der Waals surface area contributed by atoms with Gasteiger partial charge in [-0.15, -0.1) is 37.4 Å². The van der Waals surface area contributed by atoms with Gasteiger partial charge in [0.1, 0.15) is 34.9 Å². The normalized spacial score (nSPS) is 11.9. The smallest absolute Gasteiger partial charge is 0.296 e. The first kappa shape index (κ1) is 97.9. The molecule has 0 saturated carbocycles. The van der Waals surface area contributed by atoms with E-state index >= 15 is 237 Å². The predicted octanol–water partition coefficient (Wildman–Crippen LogP) is 21.2. The Kier molecular flexibility index (Phi) is 24.7. The highest BCUT2D eigenvalue weighted by Gasteiger charge is 2.57. The van der Waals surface area contributed by atoms with E-state index in [0.29, 0.717) is 0 Å². The average molecular weight is 1980 g/mol. The fraction of sp³-hybridized carbons (Fsp3) is 0. The second-order valence-electron chi connectivity index (χ2n) is 26.1. The van der Waals surface area contributed by atoms with E-state index in [9.17, 15) is 0 Å². The van der Waals surface area contributed by atoms with Gasteiger partial charge in [-0.2, -0.15) is 0 Å². The van der Waals surface area contributed by atoms with Crippen molar-refractivity contribution in [3.63, 3.8) is 0 Å². The van der Waals surface area contributed by atoms with E-state index < -0.39 is 426 Å². The minimum atomic E-state index is -9.13. The van der Waals surface area contributed by atoms with Crippen LogP contribution in [0.15, 0.2) is 9.81 Å². The highest BCUT2D eigenvalue weighted by molar-refractivity contribution is 7.13. The zero-order chi connectivity index (χ0) is 100. The molecular weight excluding hydrogens is 1980 g/mol. The average Bonchev–Trinajstić information content (AvgIpc) is 0.683. The quantitative estimate of drug-likeness (QED) is 0.0260. The van der Waals surface area contributed by atoms with E-state index in [1.165, 1.54) is 0 Å². The summed E-state index contributed by atoms with van der Waals surface area (Å²) in [6.45, 7) is 0. The molecule has 12 rings (SSSR count). The van der Waals surface area contributed by atoms with Crippen LogP contribution in [0.3, 0.4) is 0 Å². The van der Waals surface area contributed by atoms with E-state index in [1.54, 1.807) is 0 Å². The minimum absolute atomic E-state index is 0.301. The molecule has 0 bridgehead atoms. The molecule has 59 heteroatoms. The maximum atomic E-state index is 18.4. The molecule has 12 aromatic rings. The Labute approximate surface area is 688 Å². The molecular formula is C74B2F54N3-. The van der Waals surface area contributed by atoms with Gasteiger partial charge in [-0.1, -0.05) is 0 Å². The van der Waals surface area contributed by atoms with Crippen molar-refractivity contribution in [3.8, 4) is 66.8 Å². The van der Waals surface area contributed by atoms with Crippen molar-refractivity contribution in [1.29, 1.82) is 0 Å². The molecule has 0 radical (unpaired) electrons. The summed E-state index contributed by atoms with van der Waals surface area (Å²) in [5.74, 6) is -236. The Morgan fingerprint density at radius 3 is 0.278 bits per heavy atom. The van der Waals surface area contributed by atoms with E-state index in [0.717, 1.165) is 0 Å². The number of rotatable bonds is 14. The third kappa shape index (κ3) is 13.4. The fourth-order valence-corrected chi connectivity index (χ4v) is 14.2. The van der Waals surface area contributed by atoms with E-state index in [-0.39, 0.29) is 12.0 Å². The lowest BCUT2D eigenvalue weighted by atomic mass is 9.22. The van der Waals surface area contributed by atoms with E-state index in [4.69, 9.17) is 0 Å². The van der Waals surface area contributed by atoms with Gasteiger partial charge >= 0.3 is 0 Å². The first-order chi connectivity index (χ1) is 61.6. The topological polar surface area (TPSA) is 38.8 Å². The summed E-state index contributed by atoms with van der Waals surface area (Å²) >= 11 is 0. The first-order valence-corrected chi connectivity index (χ1v) is 32.8. The van der Waals surface area contributed by atoms with E-state index in [1.807, 2.05) is 4.67 Å². The van der Waals surface area contributed by atoms with Crippen LogP contribution in [0, 0.1) is 314 Å². The molecule has 133 heavy (non-hydrogen) atoms. The fourth-order valence-electron chi connectivity index (χ4n) is 14.2. The SMILES string of the molecule is Fc1c(F)c(F)c(-c2c(F)c(F)c(F)c(F)c2[B-](N=C=[N+]=C=N[B-](c2c(F)c(F)c(F)c(F)c2-c2c(F)c(F)c(F)c(F)c2F)(c2c(F)c(F)c(F)c(F)c2-c2c(F)c(F)c(F)c(F)c2F)c2c(F)c(F)c(F)c(F)c2-c2c(F)c(F)c(F)c(F)c2F)(c2c(F)c(F)c(F)c(F)c2-c2c(F)c(F)c(F)c(F)c2F)c2c(F)c(F)c(F)c(F)c2-c2c(F)c(F)c(F)c(F)c2F)c(F)c1F. The molecule has 0 aliphatic rings. The zero-order valence-electron chi connectivity index (χ0n) is 59.9. The number of benzene rings is 12. The summed E-state index contributed by atoms with van der Waals surface area (Å²) in [6, 6.07) is -0.602. The summed E-state index contributed by atoms with van der Waals surface area (Å²) < 4.78 is 899. The second kappa shape index (κ2) is 33.6. The molecule has 0 unspecified atom stereocenters. The first-order valence-electron chi connectivity index (χ1n) is 32.8. The van der Waals surface area contributed by atoms with Crippen LogP contribution < -0.4 is 37.4 Å². The zero-order valence-corrected chi connectivity index (χ0v) is 59.9. The maximum absolute atomic E-state index is 18.4. The van der Waals surface area contributed by atoms with Crippen LogP contribution in [-0.2, 0) is 0 Å². The number of nitrogens with zero attached hydrogens (tertiary/aromatic N) is 3.